The first kappa shape index (κ1) is 17.0. The maximum absolute atomic E-state index is 12.3. The summed E-state index contributed by atoms with van der Waals surface area (Å²) >= 11 is 0. The van der Waals surface area contributed by atoms with E-state index in [1.54, 1.807) is 24.3 Å². The van der Waals surface area contributed by atoms with Crippen LogP contribution in [0, 0.1) is 6.92 Å². The lowest BCUT2D eigenvalue weighted by Crippen LogP contribution is -2.27. The summed E-state index contributed by atoms with van der Waals surface area (Å²) in [5, 5.41) is 2.77. The SMILES string of the molecule is Cc1ccc(OCC(=O)Nc2ccc(C(=O)N3CCCC3)cc2)cc1. The van der Waals surface area contributed by atoms with Gasteiger partial charge in [0, 0.05) is 24.3 Å². The van der Waals surface area contributed by atoms with Crippen LogP contribution in [0.3, 0.4) is 0 Å². The summed E-state index contributed by atoms with van der Waals surface area (Å²) in [4.78, 5) is 26.1. The number of amides is 2. The van der Waals surface area contributed by atoms with Gasteiger partial charge in [0.2, 0.25) is 0 Å². The number of carbonyl (C=O) groups is 2. The number of nitrogens with zero attached hydrogens (tertiary/aromatic N) is 1. The smallest absolute Gasteiger partial charge is 0.262 e. The number of nitrogens with one attached hydrogen (secondary N) is 1. The largest absolute Gasteiger partial charge is 0.484 e. The minimum Gasteiger partial charge on any atom is -0.484 e. The Morgan fingerprint density at radius 3 is 2.28 bits per heavy atom. The van der Waals surface area contributed by atoms with Gasteiger partial charge in [0.25, 0.3) is 11.8 Å². The lowest BCUT2D eigenvalue weighted by molar-refractivity contribution is -0.118. The second-order valence-electron chi connectivity index (χ2n) is 6.23. The summed E-state index contributed by atoms with van der Waals surface area (Å²) in [5.74, 6) is 0.476. The van der Waals surface area contributed by atoms with Gasteiger partial charge in [-0.3, -0.25) is 9.59 Å². The fraction of sp³-hybridized carbons (Fsp3) is 0.300. The average Bonchev–Trinajstić information content (AvgIpc) is 3.16. The van der Waals surface area contributed by atoms with Crippen molar-refractivity contribution in [3.8, 4) is 5.75 Å². The molecule has 2 amide bonds. The Morgan fingerprint density at radius 1 is 1.00 bits per heavy atom. The van der Waals surface area contributed by atoms with Gasteiger partial charge in [-0.15, -0.1) is 0 Å². The van der Waals surface area contributed by atoms with Gasteiger partial charge in [-0.2, -0.15) is 0 Å². The summed E-state index contributed by atoms with van der Waals surface area (Å²) in [5.41, 5.74) is 2.44. The third-order valence-corrected chi connectivity index (χ3v) is 4.20. The molecule has 1 fully saturated rings. The van der Waals surface area contributed by atoms with Crippen LogP contribution in [0.25, 0.3) is 0 Å². The molecule has 3 rings (SSSR count). The molecule has 0 spiro atoms. The van der Waals surface area contributed by atoms with Gasteiger partial charge in [0.05, 0.1) is 0 Å². The molecule has 1 heterocycles. The van der Waals surface area contributed by atoms with Gasteiger partial charge in [-0.05, 0) is 56.2 Å². The third-order valence-electron chi connectivity index (χ3n) is 4.20. The molecule has 5 heteroatoms. The van der Waals surface area contributed by atoms with Crippen LogP contribution < -0.4 is 10.1 Å². The molecule has 1 N–H and O–H groups in total. The predicted octanol–water partition coefficient (Wildman–Crippen LogP) is 3.25. The minimum atomic E-state index is -0.237. The number of ether oxygens (including phenoxy) is 1. The Morgan fingerprint density at radius 2 is 1.64 bits per heavy atom. The van der Waals surface area contributed by atoms with Crippen molar-refractivity contribution in [2.45, 2.75) is 19.8 Å². The number of aryl methyl sites for hydroxylation is 1. The van der Waals surface area contributed by atoms with E-state index in [0.717, 1.165) is 31.5 Å². The standard InChI is InChI=1S/C20H22N2O3/c1-15-4-10-18(11-5-15)25-14-19(23)21-17-8-6-16(7-9-17)20(24)22-12-2-3-13-22/h4-11H,2-3,12-14H2,1H3,(H,21,23). The van der Waals surface area contributed by atoms with Crippen LogP contribution >= 0.6 is 0 Å². The molecule has 2 aromatic carbocycles. The van der Waals surface area contributed by atoms with Crippen molar-refractivity contribution in [3.05, 3.63) is 59.7 Å². The lowest BCUT2D eigenvalue weighted by Gasteiger charge is -2.15. The highest BCUT2D eigenvalue weighted by Crippen LogP contribution is 2.16. The summed E-state index contributed by atoms with van der Waals surface area (Å²) in [6.07, 6.45) is 2.14. The minimum absolute atomic E-state index is 0.0538. The maximum atomic E-state index is 12.3. The molecule has 1 aliphatic rings. The monoisotopic (exact) mass is 338 g/mol. The number of carbonyl (C=O) groups excluding carboxylic acids is 2. The molecule has 130 valence electrons. The van der Waals surface area contributed by atoms with Crippen LogP contribution in [0.2, 0.25) is 0 Å². The van der Waals surface area contributed by atoms with E-state index in [4.69, 9.17) is 4.74 Å². The van der Waals surface area contributed by atoms with E-state index in [1.165, 1.54) is 0 Å². The molecule has 0 atom stereocenters. The van der Waals surface area contributed by atoms with Crippen molar-refractivity contribution < 1.29 is 14.3 Å². The van der Waals surface area contributed by atoms with E-state index < -0.39 is 0 Å². The molecule has 5 nitrogen and oxygen atoms in total. The Hall–Kier alpha value is -2.82. The zero-order valence-corrected chi connectivity index (χ0v) is 14.3. The van der Waals surface area contributed by atoms with Gasteiger partial charge >= 0.3 is 0 Å². The number of likely N-dealkylation sites (tertiary alicyclic amines) is 1. The van der Waals surface area contributed by atoms with Crippen LogP contribution in [-0.2, 0) is 4.79 Å². The van der Waals surface area contributed by atoms with E-state index >= 15 is 0 Å². The van der Waals surface area contributed by atoms with Crippen LogP contribution in [0.4, 0.5) is 5.69 Å². The molecule has 0 radical (unpaired) electrons. The molecule has 0 aromatic heterocycles. The third kappa shape index (κ3) is 4.59. The van der Waals surface area contributed by atoms with Crippen molar-refractivity contribution in [2.75, 3.05) is 25.0 Å². The highest BCUT2D eigenvalue weighted by atomic mass is 16.5. The van der Waals surface area contributed by atoms with E-state index in [9.17, 15) is 9.59 Å². The summed E-state index contributed by atoms with van der Waals surface area (Å²) in [7, 11) is 0. The molecule has 0 aliphatic carbocycles. The molecule has 2 aromatic rings. The Balaban J connectivity index is 1.51. The quantitative estimate of drug-likeness (QED) is 0.910. The van der Waals surface area contributed by atoms with Crippen LogP contribution in [-0.4, -0.2) is 36.4 Å². The number of anilines is 1. The Bertz CT molecular complexity index is 733. The second kappa shape index (κ2) is 7.83. The van der Waals surface area contributed by atoms with Crippen LogP contribution in [0.5, 0.6) is 5.75 Å². The van der Waals surface area contributed by atoms with E-state index in [0.29, 0.717) is 17.0 Å². The first-order valence-electron chi connectivity index (χ1n) is 8.50. The van der Waals surface area contributed by atoms with Gasteiger partial charge < -0.3 is 15.0 Å². The summed E-state index contributed by atoms with van der Waals surface area (Å²) in [6.45, 7) is 3.59. The zero-order chi connectivity index (χ0) is 17.6. The number of hydrogen-bond acceptors (Lipinski definition) is 3. The van der Waals surface area contributed by atoms with Crippen molar-refractivity contribution in [3.63, 3.8) is 0 Å². The van der Waals surface area contributed by atoms with Gasteiger partial charge in [0.15, 0.2) is 6.61 Å². The Kier molecular flexibility index (Phi) is 5.33. The molecule has 0 bridgehead atoms. The lowest BCUT2D eigenvalue weighted by atomic mass is 10.2. The predicted molar refractivity (Wildman–Crippen MR) is 96.9 cm³/mol. The normalized spacial score (nSPS) is 13.6. The average molecular weight is 338 g/mol. The van der Waals surface area contributed by atoms with Crippen molar-refractivity contribution in [2.24, 2.45) is 0 Å². The molecule has 0 unspecified atom stereocenters. The van der Waals surface area contributed by atoms with Crippen molar-refractivity contribution in [1.82, 2.24) is 4.90 Å². The second-order valence-corrected chi connectivity index (χ2v) is 6.23. The summed E-state index contributed by atoms with van der Waals surface area (Å²) in [6, 6.07) is 14.5. The number of hydrogen-bond donors (Lipinski definition) is 1. The van der Waals surface area contributed by atoms with Crippen molar-refractivity contribution >= 4 is 17.5 Å². The maximum Gasteiger partial charge on any atom is 0.262 e. The fourth-order valence-corrected chi connectivity index (χ4v) is 2.78. The van der Waals surface area contributed by atoms with Crippen LogP contribution in [0.15, 0.2) is 48.5 Å². The van der Waals surface area contributed by atoms with Gasteiger partial charge in [0.1, 0.15) is 5.75 Å². The molecule has 1 saturated heterocycles. The topological polar surface area (TPSA) is 58.6 Å². The highest BCUT2D eigenvalue weighted by Gasteiger charge is 2.19. The van der Waals surface area contributed by atoms with Crippen molar-refractivity contribution in [1.29, 1.82) is 0 Å². The zero-order valence-electron chi connectivity index (χ0n) is 14.3. The van der Waals surface area contributed by atoms with E-state index in [1.807, 2.05) is 36.1 Å². The molecular formula is C20H22N2O3. The summed E-state index contributed by atoms with van der Waals surface area (Å²) < 4.78 is 5.45. The highest BCUT2D eigenvalue weighted by molar-refractivity contribution is 5.96. The Labute approximate surface area is 147 Å². The molecule has 0 saturated carbocycles. The molecular weight excluding hydrogens is 316 g/mol. The number of benzene rings is 2. The fourth-order valence-electron chi connectivity index (χ4n) is 2.78. The van der Waals surface area contributed by atoms with Crippen LogP contribution in [0.1, 0.15) is 28.8 Å². The van der Waals surface area contributed by atoms with Gasteiger partial charge in [-0.25, -0.2) is 0 Å². The van der Waals surface area contributed by atoms with E-state index in [-0.39, 0.29) is 18.4 Å². The number of rotatable bonds is 5. The first-order chi connectivity index (χ1) is 12.1. The van der Waals surface area contributed by atoms with E-state index in [2.05, 4.69) is 5.32 Å². The first-order valence-corrected chi connectivity index (χ1v) is 8.50. The van der Waals surface area contributed by atoms with Gasteiger partial charge in [-0.1, -0.05) is 17.7 Å². The molecule has 25 heavy (non-hydrogen) atoms. The molecule has 1 aliphatic heterocycles.